The molecule has 0 unspecified atom stereocenters. The second kappa shape index (κ2) is 2.28. The third kappa shape index (κ3) is 0.883. The summed E-state index contributed by atoms with van der Waals surface area (Å²) in [6.07, 6.45) is 0. The van der Waals surface area contributed by atoms with Gasteiger partial charge in [-0.05, 0) is 18.2 Å². The van der Waals surface area contributed by atoms with Crippen LogP contribution in [0.5, 0.6) is 0 Å². The number of likely N-dealkylation sites (N-methyl/N-ethyl adjacent to an activating group) is 1. The summed E-state index contributed by atoms with van der Waals surface area (Å²) in [5.41, 5.74) is -0.00347. The number of benzene rings is 1. The molecular weight excluding hydrogens is 176 g/mol. The Morgan fingerprint density at radius 1 is 1.54 bits per heavy atom. The molecule has 0 fully saturated rings. The Labute approximate surface area is 73.8 Å². The molecule has 0 bridgehead atoms. The van der Waals surface area contributed by atoms with Crippen molar-refractivity contribution < 1.29 is 13.6 Å². The van der Waals surface area contributed by atoms with Gasteiger partial charge in [0.15, 0.2) is 0 Å². The van der Waals surface area contributed by atoms with E-state index >= 15 is 0 Å². The van der Waals surface area contributed by atoms with E-state index in [2.05, 4.69) is 6.07 Å². The van der Waals surface area contributed by atoms with Gasteiger partial charge in [-0.3, -0.25) is 4.79 Å². The van der Waals surface area contributed by atoms with E-state index in [0.29, 0.717) is 0 Å². The first-order chi connectivity index (χ1) is 6.05. The van der Waals surface area contributed by atoms with E-state index < -0.39 is 11.8 Å². The van der Waals surface area contributed by atoms with E-state index in [1.54, 1.807) is 0 Å². The fourth-order valence-electron chi connectivity index (χ4n) is 1.40. The number of nitrogens with zero attached hydrogens (tertiary/aromatic N) is 1. The molecule has 0 spiro atoms. The molecular formula is C9H6F2NO. The van der Waals surface area contributed by atoms with Crippen molar-refractivity contribution in [2.24, 2.45) is 0 Å². The monoisotopic (exact) mass is 182 g/mol. The van der Waals surface area contributed by atoms with Crippen molar-refractivity contribution >= 4 is 11.6 Å². The SMILES string of the molecule is CN1C(=O)C(F)(F)c2c[c]ccc21. The first-order valence-corrected chi connectivity index (χ1v) is 3.71. The number of amides is 1. The molecule has 13 heavy (non-hydrogen) atoms. The second-order valence-electron chi connectivity index (χ2n) is 2.88. The molecule has 2 nitrogen and oxygen atoms in total. The number of fused-ring (bicyclic) bond motifs is 1. The van der Waals surface area contributed by atoms with Crippen molar-refractivity contribution in [1.82, 2.24) is 0 Å². The zero-order valence-electron chi connectivity index (χ0n) is 6.84. The maximum absolute atomic E-state index is 13.2. The molecule has 0 N–H and O–H groups in total. The number of anilines is 1. The van der Waals surface area contributed by atoms with Crippen LogP contribution in [0.25, 0.3) is 0 Å². The Balaban J connectivity index is 2.68. The van der Waals surface area contributed by atoms with Crippen molar-refractivity contribution in [3.8, 4) is 0 Å². The summed E-state index contributed by atoms with van der Waals surface area (Å²) in [7, 11) is 1.34. The van der Waals surface area contributed by atoms with Gasteiger partial charge in [0, 0.05) is 7.05 Å². The molecule has 1 aromatic carbocycles. The van der Waals surface area contributed by atoms with Crippen LogP contribution in [0.3, 0.4) is 0 Å². The highest BCUT2D eigenvalue weighted by Gasteiger charge is 2.51. The molecule has 0 aromatic heterocycles. The lowest BCUT2D eigenvalue weighted by Crippen LogP contribution is -2.31. The summed E-state index contributed by atoms with van der Waals surface area (Å²) in [5.74, 6) is -4.57. The summed E-state index contributed by atoms with van der Waals surface area (Å²) < 4.78 is 26.3. The Kier molecular flexibility index (Phi) is 1.43. The van der Waals surface area contributed by atoms with E-state index in [4.69, 9.17) is 0 Å². The molecule has 0 atom stereocenters. The quantitative estimate of drug-likeness (QED) is 0.596. The van der Waals surface area contributed by atoms with E-state index in [-0.39, 0.29) is 11.3 Å². The molecule has 1 aliphatic heterocycles. The van der Waals surface area contributed by atoms with Crippen molar-refractivity contribution in [2.45, 2.75) is 5.92 Å². The Hall–Kier alpha value is -1.45. The van der Waals surface area contributed by atoms with Gasteiger partial charge in [-0.15, -0.1) is 0 Å². The minimum absolute atomic E-state index is 0.258. The Bertz CT molecular complexity index is 376. The van der Waals surface area contributed by atoms with Gasteiger partial charge in [0.05, 0.1) is 11.3 Å². The first kappa shape index (κ1) is 8.16. The lowest BCUT2D eigenvalue weighted by Gasteiger charge is -2.08. The summed E-state index contributed by atoms with van der Waals surface area (Å²) in [6.45, 7) is 0. The van der Waals surface area contributed by atoms with E-state index in [0.717, 1.165) is 11.0 Å². The molecule has 0 saturated carbocycles. The summed E-state index contributed by atoms with van der Waals surface area (Å²) in [5, 5.41) is 0. The van der Waals surface area contributed by atoms with E-state index in [9.17, 15) is 13.6 Å². The van der Waals surface area contributed by atoms with Crippen LogP contribution in [-0.4, -0.2) is 13.0 Å². The van der Waals surface area contributed by atoms with Gasteiger partial charge < -0.3 is 4.90 Å². The van der Waals surface area contributed by atoms with Crippen molar-refractivity contribution in [2.75, 3.05) is 11.9 Å². The molecule has 1 heterocycles. The van der Waals surface area contributed by atoms with Gasteiger partial charge in [-0.2, -0.15) is 8.78 Å². The van der Waals surface area contributed by atoms with Crippen LogP contribution >= 0.6 is 0 Å². The van der Waals surface area contributed by atoms with Gasteiger partial charge in [0.1, 0.15) is 0 Å². The van der Waals surface area contributed by atoms with Crippen LogP contribution in [0.1, 0.15) is 5.56 Å². The van der Waals surface area contributed by atoms with Crippen LogP contribution in [-0.2, 0) is 10.7 Å². The van der Waals surface area contributed by atoms with Gasteiger partial charge in [-0.1, -0.05) is 6.07 Å². The fraction of sp³-hybridized carbons (Fsp3) is 0.222. The van der Waals surface area contributed by atoms with Gasteiger partial charge in [0.25, 0.3) is 0 Å². The van der Waals surface area contributed by atoms with E-state index in [1.807, 2.05) is 0 Å². The van der Waals surface area contributed by atoms with Crippen molar-refractivity contribution in [3.05, 3.63) is 29.8 Å². The topological polar surface area (TPSA) is 20.3 Å². The number of alkyl halides is 2. The summed E-state index contributed by atoms with van der Waals surface area (Å²) in [6, 6.07) is 6.64. The second-order valence-corrected chi connectivity index (χ2v) is 2.88. The average molecular weight is 182 g/mol. The van der Waals surface area contributed by atoms with Gasteiger partial charge in [0.2, 0.25) is 0 Å². The maximum Gasteiger partial charge on any atom is 0.352 e. The third-order valence-electron chi connectivity index (χ3n) is 2.11. The van der Waals surface area contributed by atoms with E-state index in [1.165, 1.54) is 19.2 Å². The number of carbonyl (C=O) groups is 1. The van der Waals surface area contributed by atoms with Crippen molar-refractivity contribution in [1.29, 1.82) is 0 Å². The Morgan fingerprint density at radius 2 is 2.23 bits per heavy atom. The average Bonchev–Trinajstić information content (AvgIpc) is 2.30. The maximum atomic E-state index is 13.2. The summed E-state index contributed by atoms with van der Waals surface area (Å²) >= 11 is 0. The number of halogens is 2. The van der Waals surface area contributed by atoms with Crippen LogP contribution in [0.4, 0.5) is 14.5 Å². The fourth-order valence-corrected chi connectivity index (χ4v) is 1.40. The third-order valence-corrected chi connectivity index (χ3v) is 2.11. The van der Waals surface area contributed by atoms with Crippen LogP contribution in [0.15, 0.2) is 18.2 Å². The zero-order chi connectivity index (χ0) is 9.64. The van der Waals surface area contributed by atoms with Crippen LogP contribution in [0.2, 0.25) is 0 Å². The minimum atomic E-state index is -3.39. The minimum Gasteiger partial charge on any atom is -0.309 e. The van der Waals surface area contributed by atoms with Crippen LogP contribution in [0, 0.1) is 6.07 Å². The van der Waals surface area contributed by atoms with Gasteiger partial charge in [-0.25, -0.2) is 0 Å². The van der Waals surface area contributed by atoms with Gasteiger partial charge >= 0.3 is 11.8 Å². The molecule has 0 saturated heterocycles. The molecule has 1 radical (unpaired) electrons. The molecule has 1 amide bonds. The smallest absolute Gasteiger partial charge is 0.309 e. The number of hydrogen-bond donors (Lipinski definition) is 0. The highest BCUT2D eigenvalue weighted by Crippen LogP contribution is 2.42. The van der Waals surface area contributed by atoms with Crippen LogP contribution < -0.4 is 4.90 Å². The lowest BCUT2D eigenvalue weighted by atomic mass is 10.1. The normalized spacial score (nSPS) is 19.0. The molecule has 2 rings (SSSR count). The summed E-state index contributed by atoms with van der Waals surface area (Å²) in [4.78, 5) is 12.0. The predicted molar refractivity (Wildman–Crippen MR) is 42.6 cm³/mol. The predicted octanol–water partition coefficient (Wildman–Crippen LogP) is 1.55. The highest BCUT2D eigenvalue weighted by molar-refractivity contribution is 6.05. The highest BCUT2D eigenvalue weighted by atomic mass is 19.3. The molecule has 0 aliphatic carbocycles. The van der Waals surface area contributed by atoms with Crippen molar-refractivity contribution in [3.63, 3.8) is 0 Å². The number of hydrogen-bond acceptors (Lipinski definition) is 1. The molecule has 4 heteroatoms. The number of rotatable bonds is 0. The Morgan fingerprint density at radius 3 is 2.85 bits per heavy atom. The molecule has 1 aromatic rings. The standard InChI is InChI=1S/C9H6F2NO/c1-12-7-5-3-2-4-6(7)9(10,11)8(12)13/h3-5H,1H3. The lowest BCUT2D eigenvalue weighted by molar-refractivity contribution is -0.141. The molecule has 67 valence electrons. The first-order valence-electron chi connectivity index (χ1n) is 3.71. The zero-order valence-corrected chi connectivity index (χ0v) is 6.84. The molecule has 1 aliphatic rings. The number of carbonyl (C=O) groups excluding carboxylic acids is 1. The largest absolute Gasteiger partial charge is 0.352 e.